The van der Waals surface area contributed by atoms with Crippen LogP contribution in [0.1, 0.15) is 16.1 Å². The Morgan fingerprint density at radius 3 is 2.38 bits per heavy atom. The van der Waals surface area contributed by atoms with Gasteiger partial charge in [0.2, 0.25) is 0 Å². The van der Waals surface area contributed by atoms with Crippen molar-refractivity contribution in [2.24, 2.45) is 0 Å². The Hall–Kier alpha value is -4.93. The summed E-state index contributed by atoms with van der Waals surface area (Å²) in [5.74, 6) is -2.18. The summed E-state index contributed by atoms with van der Waals surface area (Å²) >= 11 is 0. The van der Waals surface area contributed by atoms with Crippen molar-refractivity contribution in [3.8, 4) is 16.9 Å². The van der Waals surface area contributed by atoms with Crippen molar-refractivity contribution < 1.29 is 27.9 Å². The fourth-order valence-corrected chi connectivity index (χ4v) is 3.54. The van der Waals surface area contributed by atoms with Crippen LogP contribution >= 0.6 is 0 Å². The van der Waals surface area contributed by atoms with Gasteiger partial charge in [-0.15, -0.1) is 0 Å². The number of carbonyl (C=O) groups excluding carboxylic acids is 1. The van der Waals surface area contributed by atoms with Gasteiger partial charge >= 0.3 is 12.1 Å². The van der Waals surface area contributed by atoms with E-state index >= 15 is 0 Å². The van der Waals surface area contributed by atoms with Crippen LogP contribution in [-0.2, 0) is 4.79 Å². The summed E-state index contributed by atoms with van der Waals surface area (Å²) in [4.78, 5) is 26.0. The van der Waals surface area contributed by atoms with Crippen LogP contribution in [-0.4, -0.2) is 42.3 Å². The summed E-state index contributed by atoms with van der Waals surface area (Å²) in [6.45, 7) is 1.99. The van der Waals surface area contributed by atoms with Crippen LogP contribution in [0.25, 0.3) is 22.5 Å². The zero-order valence-electron chi connectivity index (χ0n) is 19.3. The van der Waals surface area contributed by atoms with Crippen molar-refractivity contribution in [1.29, 1.82) is 0 Å². The van der Waals surface area contributed by atoms with Gasteiger partial charge in [0, 0.05) is 35.4 Å². The van der Waals surface area contributed by atoms with Crippen LogP contribution in [0.3, 0.4) is 0 Å². The van der Waals surface area contributed by atoms with E-state index in [1.54, 1.807) is 23.1 Å². The Labute approximate surface area is 208 Å². The molecule has 0 aliphatic carbocycles. The van der Waals surface area contributed by atoms with Gasteiger partial charge in [0.25, 0.3) is 5.91 Å². The van der Waals surface area contributed by atoms with Gasteiger partial charge in [-0.1, -0.05) is 24.3 Å². The van der Waals surface area contributed by atoms with Crippen LogP contribution in [0.15, 0.2) is 91.5 Å². The van der Waals surface area contributed by atoms with E-state index in [0.717, 1.165) is 33.7 Å². The molecule has 0 bridgehead atoms. The van der Waals surface area contributed by atoms with Crippen molar-refractivity contribution in [3.63, 3.8) is 0 Å². The molecule has 0 spiro atoms. The quantitative estimate of drug-likeness (QED) is 0.340. The number of anilines is 1. The third-order valence-electron chi connectivity index (χ3n) is 5.24. The molecule has 37 heavy (non-hydrogen) atoms. The lowest BCUT2D eigenvalue weighted by molar-refractivity contribution is -0.192. The average Bonchev–Trinajstić information content (AvgIpc) is 3.51. The molecule has 2 N–H and O–H groups in total. The van der Waals surface area contributed by atoms with Gasteiger partial charge in [0.15, 0.2) is 0 Å². The average molecular weight is 507 g/mol. The number of carboxylic acids is 1. The SMILES string of the molecule is Cc1cccc(NC(=O)c2ccnn2-c2ccc3ccc(-c4cccnc4)cn23)c1.O=C(O)C(F)(F)F. The third-order valence-corrected chi connectivity index (χ3v) is 5.24. The molecule has 5 rings (SSSR count). The number of hydrogen-bond acceptors (Lipinski definition) is 4. The van der Waals surface area contributed by atoms with E-state index in [4.69, 9.17) is 9.90 Å². The predicted octanol–water partition coefficient (Wildman–Crippen LogP) is 5.38. The number of benzene rings is 1. The zero-order chi connectivity index (χ0) is 26.6. The van der Waals surface area contributed by atoms with Gasteiger partial charge in [-0.2, -0.15) is 18.3 Å². The van der Waals surface area contributed by atoms with Crippen molar-refractivity contribution >= 4 is 23.1 Å². The molecule has 0 aliphatic heterocycles. The van der Waals surface area contributed by atoms with Crippen LogP contribution in [0, 0.1) is 6.92 Å². The number of aryl methyl sites for hydroxylation is 1. The Morgan fingerprint density at radius 1 is 0.946 bits per heavy atom. The normalized spacial score (nSPS) is 11.0. The molecule has 0 unspecified atom stereocenters. The van der Waals surface area contributed by atoms with Gasteiger partial charge in [0.1, 0.15) is 11.5 Å². The third kappa shape index (κ3) is 5.84. The molecule has 11 heteroatoms. The van der Waals surface area contributed by atoms with Gasteiger partial charge < -0.3 is 14.8 Å². The van der Waals surface area contributed by atoms with Gasteiger partial charge in [-0.05, 0) is 60.5 Å². The number of rotatable bonds is 4. The van der Waals surface area contributed by atoms with E-state index < -0.39 is 12.1 Å². The molecule has 0 fully saturated rings. The molecular weight excluding hydrogens is 487 g/mol. The summed E-state index contributed by atoms with van der Waals surface area (Å²) in [5.41, 5.74) is 5.37. The molecule has 0 atom stereocenters. The standard InChI is InChI=1S/C24H19N5O.C2HF3O2/c1-17-4-2-6-20(14-17)27-24(30)22-11-13-26-29(22)23-10-9-21-8-7-19(16-28(21)23)18-5-3-12-25-15-18;3-2(4,5)1(6)7/h2-16H,1H3,(H,27,30);(H,6,7). The number of fused-ring (bicyclic) bond motifs is 1. The number of nitrogens with one attached hydrogen (secondary N) is 1. The minimum absolute atomic E-state index is 0.212. The summed E-state index contributed by atoms with van der Waals surface area (Å²) < 4.78 is 35.4. The second kappa shape index (κ2) is 10.4. The molecule has 8 nitrogen and oxygen atoms in total. The van der Waals surface area contributed by atoms with E-state index in [1.165, 1.54) is 0 Å². The highest BCUT2D eigenvalue weighted by atomic mass is 19.4. The van der Waals surface area contributed by atoms with Crippen molar-refractivity contribution in [2.45, 2.75) is 13.1 Å². The number of hydrogen-bond donors (Lipinski definition) is 2. The number of aromatic nitrogens is 4. The summed E-state index contributed by atoms with van der Waals surface area (Å²) in [6.07, 6.45) is 2.17. The molecule has 4 heterocycles. The maximum absolute atomic E-state index is 12.9. The van der Waals surface area contributed by atoms with E-state index in [2.05, 4.69) is 21.5 Å². The smallest absolute Gasteiger partial charge is 0.475 e. The monoisotopic (exact) mass is 507 g/mol. The number of carbonyl (C=O) groups is 2. The molecule has 0 radical (unpaired) electrons. The number of carboxylic acid groups (broad SMARTS) is 1. The van der Waals surface area contributed by atoms with Crippen LogP contribution in [0.5, 0.6) is 0 Å². The molecule has 4 aromatic heterocycles. The lowest BCUT2D eigenvalue weighted by atomic mass is 10.1. The van der Waals surface area contributed by atoms with E-state index in [9.17, 15) is 18.0 Å². The fraction of sp³-hybridized carbons (Fsp3) is 0.0769. The number of halogens is 3. The molecule has 0 aliphatic rings. The Kier molecular flexibility index (Phi) is 7.05. The second-order valence-electron chi connectivity index (χ2n) is 7.90. The van der Waals surface area contributed by atoms with Crippen LogP contribution < -0.4 is 5.32 Å². The summed E-state index contributed by atoms with van der Waals surface area (Å²) in [5, 5.41) is 14.5. The van der Waals surface area contributed by atoms with E-state index in [1.807, 2.05) is 78.3 Å². The second-order valence-corrected chi connectivity index (χ2v) is 7.90. The number of pyridine rings is 2. The molecule has 0 saturated carbocycles. The largest absolute Gasteiger partial charge is 0.490 e. The molecule has 188 valence electrons. The highest BCUT2D eigenvalue weighted by Gasteiger charge is 2.38. The molecule has 1 aromatic carbocycles. The topological polar surface area (TPSA) is 102 Å². The number of alkyl halides is 3. The Morgan fingerprint density at radius 2 is 1.70 bits per heavy atom. The first-order valence-electron chi connectivity index (χ1n) is 10.9. The Balaban J connectivity index is 0.000000405. The molecule has 0 saturated heterocycles. The molecule has 5 aromatic rings. The maximum atomic E-state index is 12.9. The van der Waals surface area contributed by atoms with Gasteiger partial charge in [0.05, 0.1) is 6.20 Å². The fourth-order valence-electron chi connectivity index (χ4n) is 3.54. The highest BCUT2D eigenvalue weighted by Crippen LogP contribution is 2.23. The first-order valence-corrected chi connectivity index (χ1v) is 10.9. The first-order chi connectivity index (χ1) is 17.6. The number of nitrogens with zero attached hydrogens (tertiary/aromatic N) is 4. The lowest BCUT2D eigenvalue weighted by Gasteiger charge is -2.10. The minimum atomic E-state index is -5.08. The van der Waals surface area contributed by atoms with Gasteiger partial charge in [-0.25, -0.2) is 9.48 Å². The Bertz CT molecular complexity index is 1560. The minimum Gasteiger partial charge on any atom is -0.475 e. The summed E-state index contributed by atoms with van der Waals surface area (Å²) in [7, 11) is 0. The van der Waals surface area contributed by atoms with Gasteiger partial charge in [-0.3, -0.25) is 9.78 Å². The zero-order valence-corrected chi connectivity index (χ0v) is 19.3. The highest BCUT2D eigenvalue weighted by molar-refractivity contribution is 6.03. The predicted molar refractivity (Wildman–Crippen MR) is 131 cm³/mol. The number of amides is 1. The maximum Gasteiger partial charge on any atom is 0.490 e. The molecule has 1 amide bonds. The number of aliphatic carboxylic acids is 1. The lowest BCUT2D eigenvalue weighted by Crippen LogP contribution is -2.21. The summed E-state index contributed by atoms with van der Waals surface area (Å²) in [6, 6.07) is 21.4. The van der Waals surface area contributed by atoms with Crippen LogP contribution in [0.4, 0.5) is 18.9 Å². The van der Waals surface area contributed by atoms with Crippen LogP contribution in [0.2, 0.25) is 0 Å². The van der Waals surface area contributed by atoms with Crippen molar-refractivity contribution in [3.05, 3.63) is 103 Å². The van der Waals surface area contributed by atoms with Crippen molar-refractivity contribution in [1.82, 2.24) is 19.2 Å². The molecular formula is C26H20F3N5O3. The van der Waals surface area contributed by atoms with E-state index in [0.29, 0.717) is 5.69 Å². The van der Waals surface area contributed by atoms with E-state index in [-0.39, 0.29) is 5.91 Å². The first kappa shape index (κ1) is 25.2. The van der Waals surface area contributed by atoms with Crippen molar-refractivity contribution in [2.75, 3.05) is 5.32 Å².